The first kappa shape index (κ1) is 11.5. The molecule has 3 rings (SSSR count). The number of hydrogen-bond donors (Lipinski definition) is 1. The number of aromatic nitrogens is 2. The fraction of sp³-hybridized carbons (Fsp3) is 0.400. The molecule has 1 aliphatic carbocycles. The zero-order valence-electron chi connectivity index (χ0n) is 10.7. The van der Waals surface area contributed by atoms with E-state index in [2.05, 4.69) is 23.3 Å². The first-order valence-electron chi connectivity index (χ1n) is 6.53. The van der Waals surface area contributed by atoms with E-state index in [1.165, 1.54) is 36.8 Å². The number of aryl methyl sites for hydroxylation is 3. The van der Waals surface area contributed by atoms with Crippen molar-refractivity contribution in [2.75, 3.05) is 0 Å². The van der Waals surface area contributed by atoms with E-state index >= 15 is 0 Å². The Balaban J connectivity index is 2.06. The number of aliphatic hydroxyl groups excluding tert-OH is 1. The van der Waals surface area contributed by atoms with Gasteiger partial charge in [-0.2, -0.15) is 5.10 Å². The Bertz CT molecular complexity index is 572. The highest BCUT2D eigenvalue weighted by Crippen LogP contribution is 2.28. The van der Waals surface area contributed by atoms with Crippen molar-refractivity contribution in [3.05, 3.63) is 41.1 Å². The molecule has 3 nitrogen and oxygen atoms in total. The molecular formula is C15H18N2O. The fourth-order valence-corrected chi connectivity index (χ4v) is 2.78. The Morgan fingerprint density at radius 1 is 1.22 bits per heavy atom. The first-order valence-corrected chi connectivity index (χ1v) is 6.53. The molecule has 1 aromatic heterocycles. The molecule has 0 bridgehead atoms. The summed E-state index contributed by atoms with van der Waals surface area (Å²) in [5.74, 6) is 0. The number of benzene rings is 1. The smallest absolute Gasteiger partial charge is 0.0978 e. The zero-order chi connectivity index (χ0) is 12.5. The van der Waals surface area contributed by atoms with Crippen molar-refractivity contribution in [1.29, 1.82) is 0 Å². The van der Waals surface area contributed by atoms with Crippen molar-refractivity contribution in [2.24, 2.45) is 7.05 Å². The maximum absolute atomic E-state index is 9.38. The van der Waals surface area contributed by atoms with Gasteiger partial charge in [-0.25, -0.2) is 0 Å². The van der Waals surface area contributed by atoms with Gasteiger partial charge in [-0.1, -0.05) is 12.1 Å². The maximum Gasteiger partial charge on any atom is 0.0978 e. The lowest BCUT2D eigenvalue weighted by Crippen LogP contribution is -2.02. The molecule has 0 fully saturated rings. The lowest BCUT2D eigenvalue weighted by Gasteiger charge is -2.16. The zero-order valence-corrected chi connectivity index (χ0v) is 10.7. The van der Waals surface area contributed by atoms with Gasteiger partial charge in [-0.15, -0.1) is 0 Å². The summed E-state index contributed by atoms with van der Waals surface area (Å²) in [4.78, 5) is 0. The van der Waals surface area contributed by atoms with Crippen LogP contribution in [0.25, 0.3) is 11.3 Å². The molecule has 0 radical (unpaired) electrons. The van der Waals surface area contributed by atoms with Crippen LogP contribution in [0.3, 0.4) is 0 Å². The summed E-state index contributed by atoms with van der Waals surface area (Å²) < 4.78 is 1.76. The lowest BCUT2D eigenvalue weighted by molar-refractivity contribution is 0.282. The van der Waals surface area contributed by atoms with Crippen LogP contribution in [-0.2, 0) is 26.5 Å². The van der Waals surface area contributed by atoms with Gasteiger partial charge in [0.05, 0.1) is 12.3 Å². The molecule has 0 unspecified atom stereocenters. The van der Waals surface area contributed by atoms with Gasteiger partial charge < -0.3 is 5.11 Å². The summed E-state index contributed by atoms with van der Waals surface area (Å²) in [6, 6.07) is 6.60. The highest BCUT2D eigenvalue weighted by Gasteiger charge is 2.13. The van der Waals surface area contributed by atoms with E-state index in [0.717, 1.165) is 16.8 Å². The monoisotopic (exact) mass is 242 g/mol. The van der Waals surface area contributed by atoms with Crippen LogP contribution in [0.4, 0.5) is 0 Å². The largest absolute Gasteiger partial charge is 0.392 e. The quantitative estimate of drug-likeness (QED) is 0.878. The maximum atomic E-state index is 9.38. The molecule has 1 aliphatic rings. The average molecular weight is 242 g/mol. The third-order valence-electron chi connectivity index (χ3n) is 3.70. The van der Waals surface area contributed by atoms with Gasteiger partial charge in [0.15, 0.2) is 0 Å². The number of nitrogens with zero attached hydrogens (tertiary/aromatic N) is 2. The van der Waals surface area contributed by atoms with Crippen molar-refractivity contribution in [3.63, 3.8) is 0 Å². The minimum absolute atomic E-state index is 0.0419. The SMILES string of the molecule is Cn1cc(CO)c(-c2ccc3c(c2)CCCC3)n1. The van der Waals surface area contributed by atoms with Crippen LogP contribution in [-0.4, -0.2) is 14.9 Å². The number of aliphatic hydroxyl groups is 1. The molecule has 0 saturated heterocycles. The average Bonchev–Trinajstić information content (AvgIpc) is 2.79. The van der Waals surface area contributed by atoms with Crippen LogP contribution in [0.1, 0.15) is 29.5 Å². The van der Waals surface area contributed by atoms with E-state index < -0.39 is 0 Å². The summed E-state index contributed by atoms with van der Waals surface area (Å²) in [5.41, 5.74) is 5.86. The molecule has 1 heterocycles. The Kier molecular flexibility index (Phi) is 2.92. The Labute approximate surface area is 107 Å². The molecule has 1 N–H and O–H groups in total. The lowest BCUT2D eigenvalue weighted by atomic mass is 9.89. The molecule has 3 heteroatoms. The van der Waals surface area contributed by atoms with Gasteiger partial charge in [0.2, 0.25) is 0 Å². The van der Waals surface area contributed by atoms with Gasteiger partial charge >= 0.3 is 0 Å². The molecule has 1 aromatic carbocycles. The van der Waals surface area contributed by atoms with Gasteiger partial charge in [-0.05, 0) is 42.9 Å². The predicted octanol–water partition coefficient (Wildman–Crippen LogP) is 2.46. The second kappa shape index (κ2) is 4.58. The van der Waals surface area contributed by atoms with Crippen LogP contribution in [0.2, 0.25) is 0 Å². The van der Waals surface area contributed by atoms with E-state index in [1.54, 1.807) is 4.68 Å². The van der Waals surface area contributed by atoms with Crippen LogP contribution >= 0.6 is 0 Å². The minimum atomic E-state index is 0.0419. The number of fused-ring (bicyclic) bond motifs is 1. The van der Waals surface area contributed by atoms with E-state index in [-0.39, 0.29) is 6.61 Å². The molecule has 0 aliphatic heterocycles. The van der Waals surface area contributed by atoms with Crippen molar-refractivity contribution in [1.82, 2.24) is 9.78 Å². The predicted molar refractivity (Wildman–Crippen MR) is 71.2 cm³/mol. The van der Waals surface area contributed by atoms with Gasteiger partial charge in [0.1, 0.15) is 0 Å². The third-order valence-corrected chi connectivity index (χ3v) is 3.70. The second-order valence-electron chi connectivity index (χ2n) is 5.03. The molecule has 0 saturated carbocycles. The molecule has 0 amide bonds. The summed E-state index contributed by atoms with van der Waals surface area (Å²) >= 11 is 0. The molecular weight excluding hydrogens is 224 g/mol. The van der Waals surface area contributed by atoms with E-state index in [0.29, 0.717) is 0 Å². The normalized spacial score (nSPS) is 14.6. The summed E-state index contributed by atoms with van der Waals surface area (Å²) in [7, 11) is 1.89. The van der Waals surface area contributed by atoms with Crippen LogP contribution in [0.5, 0.6) is 0 Å². The molecule has 18 heavy (non-hydrogen) atoms. The van der Waals surface area contributed by atoms with Crippen molar-refractivity contribution >= 4 is 0 Å². The van der Waals surface area contributed by atoms with Gasteiger partial charge in [0.25, 0.3) is 0 Å². The Morgan fingerprint density at radius 3 is 2.78 bits per heavy atom. The summed E-state index contributed by atoms with van der Waals surface area (Å²) in [5, 5.41) is 13.8. The molecule has 0 atom stereocenters. The molecule has 0 spiro atoms. The number of hydrogen-bond acceptors (Lipinski definition) is 2. The van der Waals surface area contributed by atoms with Crippen molar-refractivity contribution < 1.29 is 5.11 Å². The van der Waals surface area contributed by atoms with E-state index in [9.17, 15) is 5.11 Å². The Hall–Kier alpha value is -1.61. The van der Waals surface area contributed by atoms with E-state index in [4.69, 9.17) is 0 Å². The van der Waals surface area contributed by atoms with Crippen LogP contribution < -0.4 is 0 Å². The molecule has 94 valence electrons. The van der Waals surface area contributed by atoms with Gasteiger partial charge in [0, 0.05) is 24.4 Å². The summed E-state index contributed by atoms with van der Waals surface area (Å²) in [6.45, 7) is 0.0419. The summed E-state index contributed by atoms with van der Waals surface area (Å²) in [6.07, 6.45) is 6.84. The first-order chi connectivity index (χ1) is 8.78. The van der Waals surface area contributed by atoms with Crippen molar-refractivity contribution in [3.8, 4) is 11.3 Å². The van der Waals surface area contributed by atoms with Crippen LogP contribution in [0.15, 0.2) is 24.4 Å². The number of rotatable bonds is 2. The van der Waals surface area contributed by atoms with E-state index in [1.807, 2.05) is 13.2 Å². The van der Waals surface area contributed by atoms with Gasteiger partial charge in [-0.3, -0.25) is 4.68 Å². The Morgan fingerprint density at radius 2 is 2.00 bits per heavy atom. The fourth-order valence-electron chi connectivity index (χ4n) is 2.78. The third kappa shape index (κ3) is 1.95. The van der Waals surface area contributed by atoms with Crippen LogP contribution in [0, 0.1) is 0 Å². The second-order valence-corrected chi connectivity index (χ2v) is 5.03. The standard InChI is InChI=1S/C15H18N2O/c1-17-9-14(10-18)15(16-17)13-7-6-11-4-2-3-5-12(11)8-13/h6-9,18H,2-5,10H2,1H3. The highest BCUT2D eigenvalue weighted by atomic mass is 16.3. The van der Waals surface area contributed by atoms with Crippen molar-refractivity contribution in [2.45, 2.75) is 32.3 Å². The minimum Gasteiger partial charge on any atom is -0.392 e. The molecule has 2 aromatic rings. The highest BCUT2D eigenvalue weighted by molar-refractivity contribution is 5.64. The topological polar surface area (TPSA) is 38.0 Å².